The van der Waals surface area contributed by atoms with Crippen molar-refractivity contribution in [2.45, 2.75) is 62.5 Å². The number of β-amino-alcohol motifs (C(OH)–C–C–N with tert-alkyl or cyclic N) is 1. The van der Waals surface area contributed by atoms with Crippen molar-refractivity contribution in [3.05, 3.63) is 81.3 Å². The third-order valence-corrected chi connectivity index (χ3v) is 14.1. The predicted molar refractivity (Wildman–Crippen MR) is 209 cm³/mol. The minimum atomic E-state index is -3.62. The number of ether oxygens (including phenoxy) is 1. The van der Waals surface area contributed by atoms with Crippen molar-refractivity contribution in [1.82, 2.24) is 29.5 Å². The van der Waals surface area contributed by atoms with Crippen LogP contribution in [0.1, 0.15) is 55.0 Å². The maximum atomic E-state index is 16.2. The molecule has 292 valence electrons. The van der Waals surface area contributed by atoms with Gasteiger partial charge in [-0.05, 0) is 68.3 Å². The van der Waals surface area contributed by atoms with Gasteiger partial charge >= 0.3 is 0 Å². The molecule has 9 rings (SSSR count). The molecule has 56 heavy (non-hydrogen) atoms. The topological polar surface area (TPSA) is 151 Å². The predicted octanol–water partition coefficient (Wildman–Crippen LogP) is 6.56. The van der Waals surface area contributed by atoms with Gasteiger partial charge in [0.1, 0.15) is 11.2 Å². The van der Waals surface area contributed by atoms with E-state index in [0.717, 1.165) is 12.1 Å². The lowest BCUT2D eigenvalue weighted by atomic mass is 9.99. The van der Waals surface area contributed by atoms with Crippen LogP contribution >= 0.6 is 23.2 Å². The summed E-state index contributed by atoms with van der Waals surface area (Å²) in [5.74, 6) is -0.858. The molecule has 0 unspecified atom stereocenters. The fourth-order valence-corrected chi connectivity index (χ4v) is 10.4. The molecule has 0 bridgehead atoms. The number of rotatable bonds is 10. The van der Waals surface area contributed by atoms with Gasteiger partial charge in [0.25, 0.3) is 0 Å². The molecule has 3 aromatic carbocycles. The average Bonchev–Trinajstić information content (AvgIpc) is 3.46. The van der Waals surface area contributed by atoms with E-state index < -0.39 is 32.9 Å². The average molecular weight is 822 g/mol. The molecule has 3 fully saturated rings. The number of amides is 1. The molecule has 4 heterocycles. The van der Waals surface area contributed by atoms with Crippen LogP contribution in [0, 0.1) is 11.7 Å². The molecule has 3 atom stereocenters. The Hall–Kier alpha value is -4.18. The quantitative estimate of drug-likeness (QED) is 0.158. The Morgan fingerprint density at radius 3 is 2.45 bits per heavy atom. The van der Waals surface area contributed by atoms with Crippen LogP contribution in [0.5, 0.6) is 5.88 Å². The number of sulfonamides is 1. The molecule has 2 aliphatic heterocycles. The molecule has 0 spiro atoms. The number of carbonyl (C=O) groups is 1. The standard InChI is InChI=1S/C40H39Cl2FN6O6S/c1-54-40-32(20-48-14-13-22(50)19-48)44-17-31(46-40)27-6-2-4-24(34(27)41)25-5-3-7-28(35(25)42)39-45-30-16-29-26(36(43)37(30)55-39)10-11-33(29)49-15-12-21(18-49)38(51)47-56(52,53)23-8-9-23/h2-7,16-17,21-23,33,50H,8-15,18-20H2,1H3,(H,47,51)/t21-,22-,33-/m1/s1. The number of methoxy groups -OCH3 is 1. The first-order valence-corrected chi connectivity index (χ1v) is 21.1. The number of nitrogens with zero attached hydrogens (tertiary/aromatic N) is 5. The highest BCUT2D eigenvalue weighted by molar-refractivity contribution is 7.90. The summed E-state index contributed by atoms with van der Waals surface area (Å²) in [4.78, 5) is 31.2. The maximum Gasteiger partial charge on any atom is 0.237 e. The number of oxazole rings is 1. The van der Waals surface area contributed by atoms with Crippen LogP contribution in [0.4, 0.5) is 4.39 Å². The van der Waals surface area contributed by atoms with Gasteiger partial charge in [0, 0.05) is 48.9 Å². The largest absolute Gasteiger partial charge is 0.480 e. The number of hydrogen-bond acceptors (Lipinski definition) is 11. The summed E-state index contributed by atoms with van der Waals surface area (Å²) in [6.45, 7) is 2.82. The van der Waals surface area contributed by atoms with Crippen LogP contribution in [0.2, 0.25) is 10.0 Å². The summed E-state index contributed by atoms with van der Waals surface area (Å²) in [5, 5.41) is 10.2. The van der Waals surface area contributed by atoms with Gasteiger partial charge in [0.15, 0.2) is 11.4 Å². The molecule has 12 nitrogen and oxygen atoms in total. The van der Waals surface area contributed by atoms with Crippen molar-refractivity contribution < 1.29 is 31.9 Å². The second kappa shape index (κ2) is 14.6. The van der Waals surface area contributed by atoms with E-state index in [-0.39, 0.29) is 23.6 Å². The third-order valence-electron chi connectivity index (χ3n) is 11.4. The SMILES string of the molecule is COc1nc(-c2cccc(-c3cccc(-c4nc5cc6c(c(F)c5o4)CC[C@H]6N4CC[C@@H](C(=O)NS(=O)(=O)C5CC5)C4)c3Cl)c2Cl)cnc1CN1CC[C@@H](O)C1. The maximum absolute atomic E-state index is 16.2. The molecule has 2 N–H and O–H groups in total. The summed E-state index contributed by atoms with van der Waals surface area (Å²) >= 11 is 14.2. The van der Waals surface area contributed by atoms with Crippen molar-refractivity contribution in [3.8, 4) is 39.7 Å². The Morgan fingerprint density at radius 2 is 1.73 bits per heavy atom. The zero-order chi connectivity index (χ0) is 38.9. The number of aliphatic hydroxyl groups excluding tert-OH is 1. The lowest BCUT2D eigenvalue weighted by Crippen LogP contribution is -2.38. The Labute approximate surface area is 333 Å². The first-order valence-electron chi connectivity index (χ1n) is 18.8. The van der Waals surface area contributed by atoms with Crippen LogP contribution in [0.15, 0.2) is 53.1 Å². The van der Waals surface area contributed by atoms with Crippen LogP contribution in [0.25, 0.3) is 44.9 Å². The Kier molecular flexibility index (Phi) is 9.78. The van der Waals surface area contributed by atoms with Crippen molar-refractivity contribution in [3.63, 3.8) is 0 Å². The highest BCUT2D eigenvalue weighted by Crippen LogP contribution is 2.45. The van der Waals surface area contributed by atoms with Gasteiger partial charge in [-0.1, -0.05) is 53.5 Å². The Balaban J connectivity index is 0.975. The molecule has 2 aromatic heterocycles. The van der Waals surface area contributed by atoms with Gasteiger partial charge in [0.2, 0.25) is 27.7 Å². The molecule has 4 aliphatic rings. The van der Waals surface area contributed by atoms with E-state index in [2.05, 4.69) is 19.5 Å². The fraction of sp³-hybridized carbons (Fsp3) is 0.400. The molecule has 16 heteroatoms. The molecule has 1 saturated carbocycles. The molecular formula is C40H39Cl2FN6O6S. The number of hydrogen-bond donors (Lipinski definition) is 2. The van der Waals surface area contributed by atoms with E-state index in [1.165, 1.54) is 0 Å². The summed E-state index contributed by atoms with van der Waals surface area (Å²) < 4.78 is 54.9. The van der Waals surface area contributed by atoms with E-state index in [1.807, 2.05) is 36.4 Å². The summed E-state index contributed by atoms with van der Waals surface area (Å²) in [5.41, 5.74) is 5.27. The van der Waals surface area contributed by atoms with Crippen LogP contribution in [0.3, 0.4) is 0 Å². The molecule has 2 aliphatic carbocycles. The number of aliphatic hydroxyl groups is 1. The fourth-order valence-electron chi connectivity index (χ4n) is 8.35. The molecule has 1 amide bonds. The van der Waals surface area contributed by atoms with Gasteiger partial charge < -0.3 is 14.3 Å². The van der Waals surface area contributed by atoms with Crippen molar-refractivity contribution >= 4 is 50.2 Å². The van der Waals surface area contributed by atoms with E-state index in [1.54, 1.807) is 19.4 Å². The number of nitrogens with one attached hydrogen (secondary N) is 1. The number of carbonyl (C=O) groups excluding carboxylic acids is 1. The summed E-state index contributed by atoms with van der Waals surface area (Å²) in [6.07, 6.45) is 4.87. The summed E-state index contributed by atoms with van der Waals surface area (Å²) in [7, 11) is -2.08. The molecular weight excluding hydrogens is 782 g/mol. The van der Waals surface area contributed by atoms with Gasteiger partial charge in [0.05, 0.1) is 51.9 Å². The van der Waals surface area contributed by atoms with Crippen molar-refractivity contribution in [2.75, 3.05) is 33.3 Å². The first-order chi connectivity index (χ1) is 27.0. The number of halogens is 3. The normalized spacial score (nSPS) is 21.6. The smallest absolute Gasteiger partial charge is 0.237 e. The minimum Gasteiger partial charge on any atom is -0.480 e. The second-order valence-corrected chi connectivity index (χ2v) is 17.8. The van der Waals surface area contributed by atoms with E-state index in [0.29, 0.717) is 125 Å². The van der Waals surface area contributed by atoms with Crippen LogP contribution < -0.4 is 9.46 Å². The van der Waals surface area contributed by atoms with Crippen molar-refractivity contribution in [1.29, 1.82) is 0 Å². The lowest BCUT2D eigenvalue weighted by molar-refractivity contribution is -0.122. The van der Waals surface area contributed by atoms with Gasteiger partial charge in [-0.2, -0.15) is 0 Å². The van der Waals surface area contributed by atoms with E-state index >= 15 is 4.39 Å². The van der Waals surface area contributed by atoms with E-state index in [9.17, 15) is 18.3 Å². The van der Waals surface area contributed by atoms with Crippen molar-refractivity contribution in [2.24, 2.45) is 5.92 Å². The number of likely N-dealkylation sites (tertiary alicyclic amines) is 2. The van der Waals surface area contributed by atoms with Gasteiger partial charge in [-0.25, -0.2) is 22.8 Å². The minimum absolute atomic E-state index is 0.0433. The second-order valence-electron chi connectivity index (χ2n) is 15.1. The van der Waals surface area contributed by atoms with Crippen LogP contribution in [-0.4, -0.2) is 88.8 Å². The number of fused-ring (bicyclic) bond motifs is 2. The van der Waals surface area contributed by atoms with E-state index in [4.69, 9.17) is 42.3 Å². The number of aromatic nitrogens is 3. The lowest BCUT2D eigenvalue weighted by Gasteiger charge is -2.24. The number of benzene rings is 3. The zero-order valence-corrected chi connectivity index (χ0v) is 32.8. The highest BCUT2D eigenvalue weighted by atomic mass is 35.5. The summed E-state index contributed by atoms with van der Waals surface area (Å²) in [6, 6.07) is 12.7. The zero-order valence-electron chi connectivity index (χ0n) is 30.5. The molecule has 0 radical (unpaired) electrons. The first kappa shape index (κ1) is 37.4. The molecule has 2 saturated heterocycles. The van der Waals surface area contributed by atoms with Crippen LogP contribution in [-0.2, 0) is 27.8 Å². The van der Waals surface area contributed by atoms with Gasteiger partial charge in [-0.15, -0.1) is 0 Å². The molecule has 5 aromatic rings. The Morgan fingerprint density at radius 1 is 1.00 bits per heavy atom. The Bertz CT molecular complexity index is 2500. The highest BCUT2D eigenvalue weighted by Gasteiger charge is 2.41. The van der Waals surface area contributed by atoms with Gasteiger partial charge in [-0.3, -0.25) is 24.3 Å². The monoisotopic (exact) mass is 820 g/mol. The third kappa shape index (κ3) is 6.83.